The molecule has 11 unspecified atom stereocenters. The molecule has 2 N–H and O–H groups in total. The highest BCUT2D eigenvalue weighted by Gasteiger charge is 2.61. The Balaban J connectivity index is 1.49. The molecular formula is C27H46O4. The van der Waals surface area contributed by atoms with Crippen LogP contribution in [0.1, 0.15) is 85.5 Å². The SMILES string of the molecule is COC1CCC2(C)C(C1)CC(O)C1C3CCC(C(C)CCC(=O)C(C)C)C3C(O)CC12. The van der Waals surface area contributed by atoms with Crippen molar-refractivity contribution in [1.29, 1.82) is 0 Å². The maximum atomic E-state index is 12.2. The number of ketones is 1. The molecule has 0 aromatic carbocycles. The molecule has 0 bridgehead atoms. The lowest BCUT2D eigenvalue weighted by Crippen LogP contribution is -2.59. The number of ether oxygens (including phenoxy) is 1. The van der Waals surface area contributed by atoms with Gasteiger partial charge in [0.1, 0.15) is 5.78 Å². The fraction of sp³-hybridized carbons (Fsp3) is 0.963. The molecule has 0 radical (unpaired) electrons. The zero-order valence-corrected chi connectivity index (χ0v) is 20.4. The average Bonchev–Trinajstić information content (AvgIpc) is 3.18. The van der Waals surface area contributed by atoms with Crippen LogP contribution in [0.2, 0.25) is 0 Å². The maximum Gasteiger partial charge on any atom is 0.135 e. The molecule has 4 heteroatoms. The number of methoxy groups -OCH3 is 1. The zero-order chi connectivity index (χ0) is 22.5. The van der Waals surface area contributed by atoms with Gasteiger partial charge in [-0.1, -0.05) is 27.7 Å². The Kier molecular flexibility index (Phi) is 6.93. The molecule has 0 amide bonds. The summed E-state index contributed by atoms with van der Waals surface area (Å²) in [5, 5.41) is 22.8. The van der Waals surface area contributed by atoms with Gasteiger partial charge in [-0.15, -0.1) is 0 Å². The third-order valence-electron chi connectivity index (χ3n) is 10.6. The van der Waals surface area contributed by atoms with Gasteiger partial charge in [-0.2, -0.15) is 0 Å². The summed E-state index contributed by atoms with van der Waals surface area (Å²) in [5.41, 5.74) is 0.220. The van der Waals surface area contributed by atoms with Crippen molar-refractivity contribution < 1.29 is 19.7 Å². The summed E-state index contributed by atoms with van der Waals surface area (Å²) in [7, 11) is 1.82. The molecule has 0 heterocycles. The van der Waals surface area contributed by atoms with Crippen LogP contribution in [0.15, 0.2) is 0 Å². The highest BCUT2D eigenvalue weighted by atomic mass is 16.5. The van der Waals surface area contributed by atoms with Crippen LogP contribution in [0.25, 0.3) is 0 Å². The largest absolute Gasteiger partial charge is 0.393 e. The average molecular weight is 435 g/mol. The van der Waals surface area contributed by atoms with Crippen LogP contribution in [-0.2, 0) is 9.53 Å². The first kappa shape index (κ1) is 23.7. The van der Waals surface area contributed by atoms with Gasteiger partial charge in [0, 0.05) is 19.4 Å². The quantitative estimate of drug-likeness (QED) is 0.627. The fourth-order valence-electron chi connectivity index (χ4n) is 8.68. The fourth-order valence-corrected chi connectivity index (χ4v) is 8.68. The Morgan fingerprint density at radius 3 is 2.42 bits per heavy atom. The zero-order valence-electron chi connectivity index (χ0n) is 20.4. The van der Waals surface area contributed by atoms with E-state index in [1.807, 2.05) is 21.0 Å². The number of fused-ring (bicyclic) bond motifs is 5. The molecule has 0 saturated heterocycles. The number of rotatable bonds is 6. The van der Waals surface area contributed by atoms with Crippen LogP contribution >= 0.6 is 0 Å². The minimum atomic E-state index is -0.259. The number of aliphatic hydroxyl groups is 2. The van der Waals surface area contributed by atoms with E-state index in [2.05, 4.69) is 13.8 Å². The summed E-state index contributed by atoms with van der Waals surface area (Å²) >= 11 is 0. The van der Waals surface area contributed by atoms with Crippen molar-refractivity contribution in [2.24, 2.45) is 52.8 Å². The van der Waals surface area contributed by atoms with Crippen LogP contribution in [-0.4, -0.2) is 41.4 Å². The van der Waals surface area contributed by atoms with Gasteiger partial charge in [0.15, 0.2) is 0 Å². The molecule has 31 heavy (non-hydrogen) atoms. The summed E-state index contributed by atoms with van der Waals surface area (Å²) < 4.78 is 5.69. The minimum absolute atomic E-state index is 0.115. The van der Waals surface area contributed by atoms with E-state index < -0.39 is 0 Å². The van der Waals surface area contributed by atoms with Crippen molar-refractivity contribution >= 4 is 5.78 Å². The molecule has 0 aromatic rings. The van der Waals surface area contributed by atoms with E-state index in [9.17, 15) is 15.0 Å². The smallest absolute Gasteiger partial charge is 0.135 e. The number of carbonyl (C=O) groups excluding carboxylic acids is 1. The standard InChI is InChI=1S/C27H46O4/c1-15(2)22(28)9-6-16(3)19-7-8-20-25(19)24(30)14-21-26(20)23(29)13-17-12-18(31-5)10-11-27(17,21)4/h15-21,23-26,29-30H,6-14H2,1-5H3. The van der Waals surface area contributed by atoms with Crippen molar-refractivity contribution in [3.63, 3.8) is 0 Å². The molecule has 4 nitrogen and oxygen atoms in total. The van der Waals surface area contributed by atoms with E-state index in [-0.39, 0.29) is 23.5 Å². The highest BCUT2D eigenvalue weighted by molar-refractivity contribution is 5.80. The topological polar surface area (TPSA) is 66.8 Å². The van der Waals surface area contributed by atoms with Crippen LogP contribution in [0.5, 0.6) is 0 Å². The van der Waals surface area contributed by atoms with Gasteiger partial charge < -0.3 is 14.9 Å². The first-order valence-corrected chi connectivity index (χ1v) is 13.1. The van der Waals surface area contributed by atoms with E-state index >= 15 is 0 Å². The molecule has 0 aliphatic heterocycles. The van der Waals surface area contributed by atoms with E-state index in [1.165, 1.54) is 0 Å². The van der Waals surface area contributed by atoms with Gasteiger partial charge in [0.05, 0.1) is 18.3 Å². The Bertz CT molecular complexity index is 647. The summed E-state index contributed by atoms with van der Waals surface area (Å²) in [6.07, 6.45) is 8.78. The normalized spacial score (nSPS) is 48.1. The molecule has 4 saturated carbocycles. The summed E-state index contributed by atoms with van der Waals surface area (Å²) in [5.74, 6) is 3.43. The first-order chi connectivity index (χ1) is 14.7. The van der Waals surface area contributed by atoms with Crippen LogP contribution < -0.4 is 0 Å². The van der Waals surface area contributed by atoms with Gasteiger partial charge in [-0.25, -0.2) is 0 Å². The number of hydrogen-bond acceptors (Lipinski definition) is 4. The molecule has 0 spiro atoms. The van der Waals surface area contributed by atoms with Gasteiger partial charge in [-0.05, 0) is 98.2 Å². The van der Waals surface area contributed by atoms with Crippen molar-refractivity contribution in [1.82, 2.24) is 0 Å². The third-order valence-corrected chi connectivity index (χ3v) is 10.6. The summed E-state index contributed by atoms with van der Waals surface area (Å²) in [6.45, 7) is 8.72. The number of hydrogen-bond donors (Lipinski definition) is 2. The van der Waals surface area contributed by atoms with Crippen molar-refractivity contribution in [2.45, 2.75) is 104 Å². The molecule has 178 valence electrons. The minimum Gasteiger partial charge on any atom is -0.393 e. The van der Waals surface area contributed by atoms with E-state index in [0.717, 1.165) is 51.4 Å². The van der Waals surface area contributed by atoms with Gasteiger partial charge >= 0.3 is 0 Å². The van der Waals surface area contributed by atoms with Gasteiger partial charge in [-0.3, -0.25) is 4.79 Å². The van der Waals surface area contributed by atoms with Crippen LogP contribution in [0, 0.1) is 52.8 Å². The lowest BCUT2D eigenvalue weighted by Gasteiger charge is -2.61. The summed E-state index contributed by atoms with van der Waals surface area (Å²) in [6, 6.07) is 0. The molecule has 0 aromatic heterocycles. The van der Waals surface area contributed by atoms with Crippen molar-refractivity contribution in [3.8, 4) is 0 Å². The molecule has 4 aliphatic rings. The second-order valence-electron chi connectivity index (χ2n) is 12.2. The molecular weight excluding hydrogens is 388 g/mol. The first-order valence-electron chi connectivity index (χ1n) is 13.1. The molecule has 11 atom stereocenters. The van der Waals surface area contributed by atoms with E-state index in [0.29, 0.717) is 59.7 Å². The lowest BCUT2D eigenvalue weighted by molar-refractivity contribution is -0.183. The lowest BCUT2D eigenvalue weighted by atomic mass is 9.45. The number of carbonyl (C=O) groups is 1. The Morgan fingerprint density at radius 2 is 1.74 bits per heavy atom. The van der Waals surface area contributed by atoms with Crippen LogP contribution in [0.4, 0.5) is 0 Å². The predicted octanol–water partition coefficient (Wildman–Crippen LogP) is 4.85. The van der Waals surface area contributed by atoms with Crippen molar-refractivity contribution in [3.05, 3.63) is 0 Å². The molecule has 4 fully saturated rings. The van der Waals surface area contributed by atoms with Crippen LogP contribution in [0.3, 0.4) is 0 Å². The Hall–Kier alpha value is -0.450. The maximum absolute atomic E-state index is 12.2. The Morgan fingerprint density at radius 1 is 1.03 bits per heavy atom. The van der Waals surface area contributed by atoms with E-state index in [1.54, 1.807) is 0 Å². The monoisotopic (exact) mass is 434 g/mol. The molecule has 4 aliphatic carbocycles. The summed E-state index contributed by atoms with van der Waals surface area (Å²) in [4.78, 5) is 12.2. The predicted molar refractivity (Wildman–Crippen MR) is 122 cm³/mol. The third kappa shape index (κ3) is 4.15. The second-order valence-corrected chi connectivity index (χ2v) is 12.2. The van der Waals surface area contributed by atoms with Crippen molar-refractivity contribution in [2.75, 3.05) is 7.11 Å². The van der Waals surface area contributed by atoms with Gasteiger partial charge in [0.25, 0.3) is 0 Å². The molecule has 4 rings (SSSR count). The highest BCUT2D eigenvalue weighted by Crippen LogP contribution is 2.64. The Labute approximate surface area is 189 Å². The number of aliphatic hydroxyl groups excluding tert-OH is 2. The second kappa shape index (κ2) is 9.06. The van der Waals surface area contributed by atoms with E-state index in [4.69, 9.17) is 4.74 Å². The number of Topliss-reactive ketones (excluding diaryl/α,β-unsaturated/α-hetero) is 1. The van der Waals surface area contributed by atoms with Gasteiger partial charge in [0.2, 0.25) is 0 Å².